The van der Waals surface area contributed by atoms with Gasteiger partial charge in [-0.25, -0.2) is 0 Å². The largest absolute Gasteiger partial charge is 0.135 e. The van der Waals surface area contributed by atoms with Gasteiger partial charge in [-0.3, -0.25) is 0 Å². The van der Waals surface area contributed by atoms with E-state index in [4.69, 9.17) is 6.58 Å². The van der Waals surface area contributed by atoms with Gasteiger partial charge in [0.2, 0.25) is 0 Å². The van der Waals surface area contributed by atoms with E-state index >= 15 is 0 Å². The maximum Gasteiger partial charge on any atom is 0.0385 e. The van der Waals surface area contributed by atoms with E-state index in [2.05, 4.69) is 183 Å². The predicted octanol–water partition coefficient (Wildman–Crippen LogP) is 16.7. The molecule has 1 aliphatic rings. The Balaban J connectivity index is 0.878. The zero-order chi connectivity index (χ0) is 38.5. The number of thiophene rings is 1. The molecule has 0 fully saturated rings. The third kappa shape index (κ3) is 5.22. The third-order valence-corrected chi connectivity index (χ3v) is 14.9. The minimum Gasteiger partial charge on any atom is -0.135 e. The van der Waals surface area contributed by atoms with Gasteiger partial charge in [-0.1, -0.05) is 147 Å². The molecule has 1 atom stereocenters. The van der Waals surface area contributed by atoms with Crippen molar-refractivity contribution in [1.82, 2.24) is 0 Å². The highest BCUT2D eigenvalue weighted by molar-refractivity contribution is 8.01. The highest BCUT2D eigenvalue weighted by Crippen LogP contribution is 2.51. The Hall–Kier alpha value is -6.45. The molecular formula is C56H36S2. The Kier molecular flexibility index (Phi) is 7.57. The van der Waals surface area contributed by atoms with Crippen LogP contribution in [0.15, 0.2) is 194 Å². The number of thioether (sulfide) groups is 1. The number of hydrogen-bond acceptors (Lipinski definition) is 2. The highest BCUT2D eigenvalue weighted by Gasteiger charge is 2.29. The first-order chi connectivity index (χ1) is 28.6. The van der Waals surface area contributed by atoms with Crippen LogP contribution in [0.4, 0.5) is 0 Å². The third-order valence-electron chi connectivity index (χ3n) is 12.4. The van der Waals surface area contributed by atoms with Gasteiger partial charge in [0.25, 0.3) is 0 Å². The SMILES string of the molecule is C=C(CC1Sc2ccc3cc4c(cc3c2C1=C)sc1ccccc14)c1ccc2cc(-c3c4ccccc4c(-c4ccc5ccccc5c4)c4ccccc34)ccc2c1. The summed E-state index contributed by atoms with van der Waals surface area (Å²) in [4.78, 5) is 1.33. The van der Waals surface area contributed by atoms with Crippen molar-refractivity contribution in [2.45, 2.75) is 16.6 Å². The summed E-state index contributed by atoms with van der Waals surface area (Å²) < 4.78 is 2.68. The molecule has 11 aromatic rings. The van der Waals surface area contributed by atoms with Gasteiger partial charge in [0, 0.05) is 30.3 Å². The maximum absolute atomic E-state index is 4.70. The Morgan fingerprint density at radius 3 is 1.69 bits per heavy atom. The van der Waals surface area contributed by atoms with Crippen molar-refractivity contribution in [2.24, 2.45) is 0 Å². The van der Waals surface area contributed by atoms with Crippen LogP contribution in [0.1, 0.15) is 17.5 Å². The second-order valence-corrected chi connectivity index (χ2v) is 18.1. The van der Waals surface area contributed by atoms with Crippen molar-refractivity contribution in [3.05, 3.63) is 200 Å². The molecule has 0 saturated heterocycles. The lowest BCUT2D eigenvalue weighted by molar-refractivity contribution is 1.13. The van der Waals surface area contributed by atoms with Crippen LogP contribution in [-0.4, -0.2) is 5.25 Å². The molecule has 2 heteroatoms. The molecule has 0 bridgehead atoms. The van der Waals surface area contributed by atoms with E-state index in [1.165, 1.54) is 118 Å². The standard InChI is InChI=1S/C56H36S2/c1-33(27-52-34(2)54-48-32-53-49(31-40(48)25-26-51(54)58-52)43-13-9-10-18-50(43)57-53)36-20-21-39-30-42(24-22-38(39)28-36)56-46-16-7-5-14-44(46)55(45-15-6-8-17-47(45)56)41-23-19-35-11-3-4-12-37(35)29-41/h3-26,28-32,52H,1-2,27H2. The fourth-order valence-electron chi connectivity index (χ4n) is 9.56. The molecule has 272 valence electrons. The molecule has 12 rings (SSSR count). The maximum atomic E-state index is 4.70. The summed E-state index contributed by atoms with van der Waals surface area (Å²) in [7, 11) is 0. The molecule has 0 N–H and O–H groups in total. The monoisotopic (exact) mass is 772 g/mol. The normalized spacial score (nSPS) is 14.1. The number of allylic oxidation sites excluding steroid dienone is 1. The lowest BCUT2D eigenvalue weighted by atomic mass is 9.85. The number of hydrogen-bond donors (Lipinski definition) is 0. The lowest BCUT2D eigenvalue weighted by Gasteiger charge is -2.18. The molecule has 10 aromatic carbocycles. The Morgan fingerprint density at radius 1 is 0.431 bits per heavy atom. The van der Waals surface area contributed by atoms with Crippen molar-refractivity contribution in [1.29, 1.82) is 0 Å². The van der Waals surface area contributed by atoms with Gasteiger partial charge in [0.1, 0.15) is 0 Å². The zero-order valence-corrected chi connectivity index (χ0v) is 33.4. The Labute approximate surface area is 345 Å². The smallest absolute Gasteiger partial charge is 0.0385 e. The van der Waals surface area contributed by atoms with Crippen LogP contribution in [-0.2, 0) is 0 Å². The fraction of sp³-hybridized carbons (Fsp3) is 0.0357. The first-order valence-electron chi connectivity index (χ1n) is 19.9. The van der Waals surface area contributed by atoms with Crippen LogP contribution in [0.3, 0.4) is 0 Å². The number of rotatable bonds is 5. The Bertz CT molecular complexity index is 3510. The van der Waals surface area contributed by atoms with Gasteiger partial charge >= 0.3 is 0 Å². The summed E-state index contributed by atoms with van der Waals surface area (Å²) in [6, 6.07) is 65.3. The number of benzene rings is 10. The summed E-state index contributed by atoms with van der Waals surface area (Å²) in [5, 5.41) is 15.6. The van der Waals surface area contributed by atoms with E-state index < -0.39 is 0 Å². The molecule has 0 nitrogen and oxygen atoms in total. The zero-order valence-electron chi connectivity index (χ0n) is 31.8. The van der Waals surface area contributed by atoms with Crippen LogP contribution in [0, 0.1) is 0 Å². The molecule has 0 spiro atoms. The summed E-state index contributed by atoms with van der Waals surface area (Å²) in [5.74, 6) is 0. The first kappa shape index (κ1) is 33.7. The summed E-state index contributed by atoms with van der Waals surface area (Å²) in [6.45, 7) is 9.35. The van der Waals surface area contributed by atoms with E-state index in [1.54, 1.807) is 0 Å². The van der Waals surface area contributed by atoms with E-state index in [0.29, 0.717) is 0 Å². The Morgan fingerprint density at radius 2 is 0.983 bits per heavy atom. The topological polar surface area (TPSA) is 0 Å². The molecule has 58 heavy (non-hydrogen) atoms. The summed E-state index contributed by atoms with van der Waals surface area (Å²) in [5.41, 5.74) is 9.91. The van der Waals surface area contributed by atoms with E-state index in [0.717, 1.165) is 12.0 Å². The second kappa shape index (κ2) is 13.0. The minimum absolute atomic E-state index is 0.253. The number of fused-ring (bicyclic) bond motifs is 10. The summed E-state index contributed by atoms with van der Waals surface area (Å²) >= 11 is 3.82. The average Bonchev–Trinajstić information content (AvgIpc) is 3.79. The van der Waals surface area contributed by atoms with Crippen molar-refractivity contribution < 1.29 is 0 Å². The van der Waals surface area contributed by atoms with Gasteiger partial charge in [-0.2, -0.15) is 0 Å². The molecule has 1 aliphatic heterocycles. The minimum atomic E-state index is 0.253. The molecule has 1 unspecified atom stereocenters. The van der Waals surface area contributed by atoms with Crippen LogP contribution in [0.2, 0.25) is 0 Å². The van der Waals surface area contributed by atoms with Crippen molar-refractivity contribution in [3.63, 3.8) is 0 Å². The van der Waals surface area contributed by atoms with Crippen molar-refractivity contribution >= 4 is 108 Å². The molecular weight excluding hydrogens is 737 g/mol. The second-order valence-electron chi connectivity index (χ2n) is 15.7. The van der Waals surface area contributed by atoms with Gasteiger partial charge in [-0.15, -0.1) is 23.1 Å². The van der Waals surface area contributed by atoms with E-state index in [9.17, 15) is 0 Å². The molecule has 0 radical (unpaired) electrons. The van der Waals surface area contributed by atoms with Crippen LogP contribution in [0.5, 0.6) is 0 Å². The van der Waals surface area contributed by atoms with Gasteiger partial charge in [-0.05, 0) is 147 Å². The van der Waals surface area contributed by atoms with Gasteiger partial charge in [0.05, 0.1) is 0 Å². The van der Waals surface area contributed by atoms with E-state index in [-0.39, 0.29) is 5.25 Å². The lowest BCUT2D eigenvalue weighted by Crippen LogP contribution is -2.00. The van der Waals surface area contributed by atoms with Crippen LogP contribution >= 0.6 is 23.1 Å². The fourth-order valence-corrected chi connectivity index (χ4v) is 12.0. The quantitative estimate of drug-likeness (QED) is 0.157. The average molecular weight is 773 g/mol. The van der Waals surface area contributed by atoms with Crippen molar-refractivity contribution in [3.8, 4) is 22.3 Å². The molecule has 0 aliphatic carbocycles. The summed E-state index contributed by atoms with van der Waals surface area (Å²) in [6.07, 6.45) is 0.857. The van der Waals surface area contributed by atoms with Crippen LogP contribution < -0.4 is 0 Å². The molecule has 0 amide bonds. The van der Waals surface area contributed by atoms with Gasteiger partial charge in [0.15, 0.2) is 0 Å². The first-order valence-corrected chi connectivity index (χ1v) is 21.6. The van der Waals surface area contributed by atoms with Gasteiger partial charge < -0.3 is 0 Å². The van der Waals surface area contributed by atoms with Crippen molar-refractivity contribution in [2.75, 3.05) is 0 Å². The molecule has 2 heterocycles. The predicted molar refractivity (Wildman–Crippen MR) is 257 cm³/mol. The van der Waals surface area contributed by atoms with Crippen LogP contribution in [0.25, 0.3) is 107 Å². The molecule has 1 aromatic heterocycles. The molecule has 0 saturated carbocycles. The highest BCUT2D eigenvalue weighted by atomic mass is 32.2. The van der Waals surface area contributed by atoms with E-state index in [1.807, 2.05) is 23.1 Å².